The third-order valence-corrected chi connectivity index (χ3v) is 10.0. The van der Waals surface area contributed by atoms with Gasteiger partial charge < -0.3 is 38.8 Å². The van der Waals surface area contributed by atoms with Gasteiger partial charge in [-0.15, -0.1) is 0 Å². The van der Waals surface area contributed by atoms with Crippen molar-refractivity contribution in [1.29, 1.82) is 0 Å². The van der Waals surface area contributed by atoms with Crippen molar-refractivity contribution in [3.63, 3.8) is 0 Å². The van der Waals surface area contributed by atoms with Crippen LogP contribution in [0.4, 0.5) is 0 Å². The average molecular weight is 730 g/mol. The molecule has 2 atom stereocenters. The molecular weight excluding hydrogens is 682 g/mol. The first-order valence-corrected chi connectivity index (χ1v) is 18.3. The van der Waals surface area contributed by atoms with E-state index in [2.05, 4.69) is 5.32 Å². The maximum absolute atomic E-state index is 13.4. The Morgan fingerprint density at radius 3 is 1.96 bits per heavy atom. The highest BCUT2D eigenvalue weighted by atomic mass is 35.5. The van der Waals surface area contributed by atoms with Gasteiger partial charge in [-0.1, -0.05) is 81.2 Å². The van der Waals surface area contributed by atoms with Gasteiger partial charge in [-0.25, -0.2) is 9.59 Å². The Morgan fingerprint density at radius 1 is 0.824 bits per heavy atom. The number of ether oxygens (including phenoxy) is 6. The first kappa shape index (κ1) is 38.4. The molecule has 0 bridgehead atoms. The molecule has 2 aromatic carbocycles. The largest absolute Gasteiger partial charge is 0.453 e. The molecule has 2 unspecified atom stereocenters. The highest BCUT2D eigenvalue weighted by Crippen LogP contribution is 2.41. The molecule has 1 heterocycles. The summed E-state index contributed by atoms with van der Waals surface area (Å²) in [4.78, 5) is 51.4. The fourth-order valence-corrected chi connectivity index (χ4v) is 7.07. The van der Waals surface area contributed by atoms with Crippen molar-refractivity contribution in [3.05, 3.63) is 58.6 Å². The van der Waals surface area contributed by atoms with Gasteiger partial charge in [0.05, 0.1) is 6.10 Å². The van der Waals surface area contributed by atoms with Crippen LogP contribution in [-0.4, -0.2) is 60.9 Å². The normalized spacial score (nSPS) is 17.9. The molecule has 5 rings (SSSR count). The van der Waals surface area contributed by atoms with Crippen LogP contribution in [0.15, 0.2) is 42.5 Å². The minimum atomic E-state index is -2.72. The van der Waals surface area contributed by atoms with Crippen LogP contribution in [0.2, 0.25) is 5.02 Å². The Bertz CT molecular complexity index is 1450. The van der Waals surface area contributed by atoms with Gasteiger partial charge in [-0.3, -0.25) is 9.59 Å². The zero-order valence-electron chi connectivity index (χ0n) is 29.1. The Labute approximate surface area is 303 Å². The Balaban J connectivity index is 1.17. The van der Waals surface area contributed by atoms with Crippen molar-refractivity contribution < 1.29 is 52.7 Å². The number of hydrogen-bond donors (Lipinski definition) is 2. The summed E-state index contributed by atoms with van der Waals surface area (Å²) in [6.45, 7) is 0.708. The van der Waals surface area contributed by atoms with Gasteiger partial charge in [-0.2, -0.15) is 0 Å². The highest BCUT2D eigenvalue weighted by Gasteiger charge is 2.60. The van der Waals surface area contributed by atoms with E-state index in [-0.39, 0.29) is 36.9 Å². The first-order chi connectivity index (χ1) is 24.6. The molecule has 2 fully saturated rings. The molecule has 0 spiro atoms. The number of carbonyl (C=O) groups excluding carboxylic acids is 4. The summed E-state index contributed by atoms with van der Waals surface area (Å²) in [6, 6.07) is 11.8. The summed E-state index contributed by atoms with van der Waals surface area (Å²) >= 11 is 6.05. The average Bonchev–Trinajstić information content (AvgIpc) is 3.91. The molecule has 278 valence electrons. The summed E-state index contributed by atoms with van der Waals surface area (Å²) in [7, 11) is 0. The zero-order chi connectivity index (χ0) is 36.2. The van der Waals surface area contributed by atoms with Crippen LogP contribution in [0.1, 0.15) is 101 Å². The van der Waals surface area contributed by atoms with Crippen molar-refractivity contribution in [3.8, 4) is 11.5 Å². The molecule has 13 heteroatoms. The van der Waals surface area contributed by atoms with E-state index >= 15 is 0 Å². The van der Waals surface area contributed by atoms with E-state index in [9.17, 15) is 24.3 Å². The molecule has 2 N–H and O–H groups in total. The molecule has 0 amide bonds. The Hall–Kier alpha value is -3.87. The smallest absolute Gasteiger partial charge is 0.431 e. The summed E-state index contributed by atoms with van der Waals surface area (Å²) in [5.41, 5.74) is 1.47. The molecule has 0 aromatic heterocycles. The Morgan fingerprint density at radius 2 is 1.39 bits per heavy atom. The van der Waals surface area contributed by atoms with E-state index in [0.29, 0.717) is 41.7 Å². The van der Waals surface area contributed by atoms with Gasteiger partial charge in [-0.05, 0) is 73.4 Å². The standard InChI is InChI=1S/C38H48ClNO11/c1-25(40-22-31(41)29-11-6-12-30(39)21-29)19-28-13-16-32-33(20-28)51-38(50-32,36(44)48-23-46-34(42)17-14-26-7-2-3-8-26)37(45)49-24-47-35(43)18-15-27-9-4-5-10-27/h6,11-13,16,20-21,25-27,31,40-41H,2-5,7-10,14-15,17-19,22-24H2,1H3. The molecule has 2 aromatic rings. The van der Waals surface area contributed by atoms with E-state index in [0.717, 1.165) is 56.9 Å². The maximum atomic E-state index is 13.4. The second kappa shape index (κ2) is 18.6. The van der Waals surface area contributed by atoms with Crippen molar-refractivity contribution in [2.24, 2.45) is 11.8 Å². The van der Waals surface area contributed by atoms with Crippen LogP contribution in [0.3, 0.4) is 0 Å². The van der Waals surface area contributed by atoms with E-state index in [1.807, 2.05) is 6.92 Å². The minimum absolute atomic E-state index is 0.0757. The predicted molar refractivity (Wildman–Crippen MR) is 184 cm³/mol. The molecule has 1 aliphatic heterocycles. The fourth-order valence-electron chi connectivity index (χ4n) is 6.87. The van der Waals surface area contributed by atoms with E-state index in [4.69, 9.17) is 40.0 Å². The lowest BCUT2D eigenvalue weighted by molar-refractivity contribution is -0.214. The number of aliphatic hydroxyl groups is 1. The van der Waals surface area contributed by atoms with Crippen LogP contribution in [0, 0.1) is 11.8 Å². The van der Waals surface area contributed by atoms with Gasteiger partial charge in [0.15, 0.2) is 11.5 Å². The minimum Gasteiger partial charge on any atom is -0.431 e. The number of carbonyl (C=O) groups is 4. The quantitative estimate of drug-likeness (QED) is 0.104. The number of nitrogens with one attached hydrogen (secondary N) is 1. The van der Waals surface area contributed by atoms with Gasteiger partial charge in [0.2, 0.25) is 13.6 Å². The number of rotatable bonds is 18. The van der Waals surface area contributed by atoms with Gasteiger partial charge in [0.25, 0.3) is 0 Å². The summed E-state index contributed by atoms with van der Waals surface area (Å²) < 4.78 is 32.1. The van der Waals surface area contributed by atoms with Gasteiger partial charge >= 0.3 is 29.7 Å². The van der Waals surface area contributed by atoms with Crippen molar-refractivity contribution in [2.75, 3.05) is 20.1 Å². The van der Waals surface area contributed by atoms with Crippen LogP contribution in [0.5, 0.6) is 11.5 Å². The zero-order valence-corrected chi connectivity index (χ0v) is 29.8. The summed E-state index contributed by atoms with van der Waals surface area (Å²) in [5, 5.41) is 14.4. The van der Waals surface area contributed by atoms with Crippen LogP contribution < -0.4 is 14.8 Å². The number of fused-ring (bicyclic) bond motifs is 1. The Kier molecular flexibility index (Phi) is 14.0. The third-order valence-electron chi connectivity index (χ3n) is 9.77. The van der Waals surface area contributed by atoms with E-state index in [1.54, 1.807) is 42.5 Å². The first-order valence-electron chi connectivity index (χ1n) is 17.9. The lowest BCUT2D eigenvalue weighted by Gasteiger charge is -2.23. The van der Waals surface area contributed by atoms with E-state index < -0.39 is 49.4 Å². The summed E-state index contributed by atoms with van der Waals surface area (Å²) in [6.07, 6.45) is 10.5. The topological polar surface area (TPSA) is 156 Å². The number of halogens is 1. The van der Waals surface area contributed by atoms with E-state index in [1.165, 1.54) is 0 Å². The molecule has 0 saturated heterocycles. The molecule has 3 aliphatic rings. The van der Waals surface area contributed by atoms with Crippen LogP contribution in [0.25, 0.3) is 0 Å². The molecule has 51 heavy (non-hydrogen) atoms. The molecule has 2 aliphatic carbocycles. The molecule has 0 radical (unpaired) electrons. The van der Waals surface area contributed by atoms with Crippen molar-refractivity contribution in [2.45, 2.75) is 108 Å². The fraction of sp³-hybridized carbons (Fsp3) is 0.579. The molecular formula is C38H48ClNO11. The molecule has 2 saturated carbocycles. The summed E-state index contributed by atoms with van der Waals surface area (Å²) in [5.74, 6) is -5.26. The van der Waals surface area contributed by atoms with Gasteiger partial charge in [0.1, 0.15) is 0 Å². The van der Waals surface area contributed by atoms with Crippen molar-refractivity contribution >= 4 is 35.5 Å². The van der Waals surface area contributed by atoms with Crippen LogP contribution in [-0.2, 0) is 44.5 Å². The highest BCUT2D eigenvalue weighted by molar-refractivity contribution is 6.30. The number of aliphatic hydroxyl groups excluding tert-OH is 1. The monoisotopic (exact) mass is 729 g/mol. The second-order valence-corrected chi connectivity index (χ2v) is 14.1. The predicted octanol–water partition coefficient (Wildman–Crippen LogP) is 6.09. The second-order valence-electron chi connectivity index (χ2n) is 13.7. The maximum Gasteiger partial charge on any atom is 0.453 e. The molecule has 12 nitrogen and oxygen atoms in total. The third kappa shape index (κ3) is 11.1. The number of hydrogen-bond acceptors (Lipinski definition) is 12. The van der Waals surface area contributed by atoms with Gasteiger partial charge in [0, 0.05) is 30.5 Å². The van der Waals surface area contributed by atoms with Crippen LogP contribution >= 0.6 is 11.6 Å². The SMILES string of the molecule is CC(Cc1ccc2c(c1)OC(C(=O)OCOC(=O)CCC1CCCC1)(C(=O)OCOC(=O)CCC1CCCC1)O2)NCC(O)c1cccc(Cl)c1. The lowest BCUT2D eigenvalue weighted by atomic mass is 10.0. The number of benzene rings is 2. The lowest BCUT2D eigenvalue weighted by Crippen LogP contribution is -2.56. The number of esters is 4. The van der Waals surface area contributed by atoms with Crippen molar-refractivity contribution in [1.82, 2.24) is 5.32 Å².